The van der Waals surface area contributed by atoms with E-state index in [9.17, 15) is 9.59 Å². The molecule has 0 saturated heterocycles. The number of hydrogen-bond acceptors (Lipinski definition) is 5. The molecule has 2 aliphatic heterocycles. The van der Waals surface area contributed by atoms with Crippen molar-refractivity contribution in [2.45, 2.75) is 31.3 Å². The third-order valence-corrected chi connectivity index (χ3v) is 5.83. The maximum absolute atomic E-state index is 12.9. The summed E-state index contributed by atoms with van der Waals surface area (Å²) in [6, 6.07) is 16.6. The molecule has 1 N–H and O–H groups in total. The van der Waals surface area contributed by atoms with E-state index < -0.39 is 11.9 Å². The van der Waals surface area contributed by atoms with Crippen molar-refractivity contribution in [3.8, 4) is 5.75 Å². The molecule has 0 fully saturated rings. The Kier molecular flexibility index (Phi) is 4.89. The molecular formula is C23H23N5O3. The van der Waals surface area contributed by atoms with E-state index >= 15 is 0 Å². The van der Waals surface area contributed by atoms with Crippen LogP contribution < -0.4 is 15.0 Å². The number of hydrogen-bond donors (Lipinski definition) is 1. The first-order valence-corrected chi connectivity index (χ1v) is 10.4. The van der Waals surface area contributed by atoms with Gasteiger partial charge in [0.15, 0.2) is 0 Å². The van der Waals surface area contributed by atoms with Gasteiger partial charge in [0.25, 0.3) is 11.8 Å². The van der Waals surface area contributed by atoms with Gasteiger partial charge in [0, 0.05) is 13.5 Å². The number of carbonyl (C=O) groups is 2. The molecule has 0 aliphatic carbocycles. The minimum absolute atomic E-state index is 0.0478. The average Bonchev–Trinajstić information content (AvgIpc) is 3.22. The largest absolute Gasteiger partial charge is 0.489 e. The Morgan fingerprint density at radius 1 is 1.13 bits per heavy atom. The number of aromatic nitrogens is 3. The number of amides is 2. The molecule has 31 heavy (non-hydrogen) atoms. The normalized spacial score (nSPS) is 20.3. The molecule has 1 aromatic heterocycles. The second-order valence-corrected chi connectivity index (χ2v) is 7.82. The van der Waals surface area contributed by atoms with Gasteiger partial charge in [-0.3, -0.25) is 9.59 Å². The Morgan fingerprint density at radius 3 is 2.74 bits per heavy atom. The van der Waals surface area contributed by atoms with Crippen molar-refractivity contribution in [1.29, 1.82) is 0 Å². The molecule has 3 heterocycles. The standard InChI is InChI=1S/C23H23N5O3/c1-27-18-10-5-6-12-19(18)31-14-16(23(27)30)24-22(29)21-25-20-13-7-11-17(28(20)26-21)15-8-3-2-4-9-15/h2-6,8-10,12,16-17H,7,11,13-14H2,1H3,(H,24,29)/t16-,17?/m0/s1. The number of rotatable bonds is 3. The van der Waals surface area contributed by atoms with E-state index in [-0.39, 0.29) is 24.4 Å². The lowest BCUT2D eigenvalue weighted by Crippen LogP contribution is -2.49. The summed E-state index contributed by atoms with van der Waals surface area (Å²) in [5.74, 6) is 0.754. The molecule has 0 radical (unpaired) electrons. The van der Waals surface area contributed by atoms with Crippen LogP contribution >= 0.6 is 0 Å². The lowest BCUT2D eigenvalue weighted by Gasteiger charge is -2.23. The summed E-state index contributed by atoms with van der Waals surface area (Å²) >= 11 is 0. The molecule has 158 valence electrons. The van der Waals surface area contributed by atoms with Gasteiger partial charge >= 0.3 is 0 Å². The summed E-state index contributed by atoms with van der Waals surface area (Å²) in [5.41, 5.74) is 1.82. The van der Waals surface area contributed by atoms with Crippen molar-refractivity contribution in [3.05, 3.63) is 71.8 Å². The molecule has 8 heteroatoms. The Balaban J connectivity index is 1.36. The fourth-order valence-electron chi connectivity index (χ4n) is 4.21. The zero-order valence-corrected chi connectivity index (χ0v) is 17.2. The number of benzene rings is 2. The summed E-state index contributed by atoms with van der Waals surface area (Å²) in [6.45, 7) is 0.0478. The molecule has 0 spiro atoms. The van der Waals surface area contributed by atoms with Gasteiger partial charge in [-0.15, -0.1) is 5.10 Å². The minimum atomic E-state index is -0.824. The SMILES string of the molecule is CN1C(=O)[C@@H](NC(=O)c2nc3n(n2)C(c2ccccc2)CCC3)COc2ccccc21. The number of likely N-dealkylation sites (N-methyl/N-ethyl adjacent to an activating group) is 1. The number of para-hydroxylation sites is 2. The third-order valence-electron chi connectivity index (χ3n) is 5.83. The maximum Gasteiger partial charge on any atom is 0.291 e. The average molecular weight is 417 g/mol. The van der Waals surface area contributed by atoms with Crippen LogP contribution in [-0.2, 0) is 11.2 Å². The van der Waals surface area contributed by atoms with E-state index in [1.54, 1.807) is 13.1 Å². The lowest BCUT2D eigenvalue weighted by atomic mass is 9.98. The fraction of sp³-hybridized carbons (Fsp3) is 0.304. The second-order valence-electron chi connectivity index (χ2n) is 7.82. The molecule has 0 saturated carbocycles. The highest BCUT2D eigenvalue weighted by Gasteiger charge is 2.32. The Hall–Kier alpha value is -3.68. The minimum Gasteiger partial charge on any atom is -0.489 e. The van der Waals surface area contributed by atoms with Crippen LogP contribution in [0.5, 0.6) is 5.75 Å². The van der Waals surface area contributed by atoms with Crippen molar-refractivity contribution in [2.75, 3.05) is 18.6 Å². The van der Waals surface area contributed by atoms with Crippen molar-refractivity contribution < 1.29 is 14.3 Å². The number of aryl methyl sites for hydroxylation is 1. The van der Waals surface area contributed by atoms with Gasteiger partial charge in [-0.1, -0.05) is 42.5 Å². The highest BCUT2D eigenvalue weighted by Crippen LogP contribution is 2.31. The van der Waals surface area contributed by atoms with E-state index in [4.69, 9.17) is 4.74 Å². The van der Waals surface area contributed by atoms with Crippen LogP contribution in [0.1, 0.15) is 40.9 Å². The predicted molar refractivity (Wildman–Crippen MR) is 114 cm³/mol. The van der Waals surface area contributed by atoms with Crippen LogP contribution in [0.4, 0.5) is 5.69 Å². The summed E-state index contributed by atoms with van der Waals surface area (Å²) < 4.78 is 7.62. The van der Waals surface area contributed by atoms with Gasteiger partial charge in [0.2, 0.25) is 5.82 Å². The maximum atomic E-state index is 12.9. The van der Waals surface area contributed by atoms with E-state index in [1.165, 1.54) is 4.90 Å². The highest BCUT2D eigenvalue weighted by molar-refractivity contribution is 6.02. The van der Waals surface area contributed by atoms with Crippen LogP contribution in [0.25, 0.3) is 0 Å². The Morgan fingerprint density at radius 2 is 1.90 bits per heavy atom. The van der Waals surface area contributed by atoms with Gasteiger partial charge < -0.3 is 15.0 Å². The lowest BCUT2D eigenvalue weighted by molar-refractivity contribution is -0.120. The molecule has 8 nitrogen and oxygen atoms in total. The summed E-state index contributed by atoms with van der Waals surface area (Å²) in [7, 11) is 1.67. The van der Waals surface area contributed by atoms with Crippen molar-refractivity contribution in [1.82, 2.24) is 20.1 Å². The van der Waals surface area contributed by atoms with Gasteiger partial charge in [0.05, 0.1) is 11.7 Å². The zero-order chi connectivity index (χ0) is 21.4. The molecule has 0 bridgehead atoms. The van der Waals surface area contributed by atoms with Crippen LogP contribution in [0.3, 0.4) is 0 Å². The first kappa shape index (κ1) is 19.3. The summed E-state index contributed by atoms with van der Waals surface area (Å²) in [4.78, 5) is 31.8. The Labute approximate surface area is 179 Å². The van der Waals surface area contributed by atoms with Crippen LogP contribution in [0, 0.1) is 0 Å². The molecule has 3 aromatic rings. The summed E-state index contributed by atoms with van der Waals surface area (Å²) in [5, 5.41) is 7.27. The molecule has 5 rings (SSSR count). The topological polar surface area (TPSA) is 89.4 Å². The summed E-state index contributed by atoms with van der Waals surface area (Å²) in [6.07, 6.45) is 2.70. The van der Waals surface area contributed by atoms with Crippen molar-refractivity contribution in [2.24, 2.45) is 0 Å². The highest BCUT2D eigenvalue weighted by atomic mass is 16.5. The van der Waals surface area contributed by atoms with E-state index in [1.807, 2.05) is 41.1 Å². The quantitative estimate of drug-likeness (QED) is 0.707. The predicted octanol–water partition coefficient (Wildman–Crippen LogP) is 2.36. The van der Waals surface area contributed by atoms with E-state index in [2.05, 4.69) is 27.5 Å². The van der Waals surface area contributed by atoms with Crippen LogP contribution in [0.15, 0.2) is 54.6 Å². The van der Waals surface area contributed by atoms with Crippen molar-refractivity contribution in [3.63, 3.8) is 0 Å². The number of nitrogens with one attached hydrogen (secondary N) is 1. The molecule has 2 amide bonds. The molecular weight excluding hydrogens is 394 g/mol. The molecule has 2 atom stereocenters. The third kappa shape index (κ3) is 3.54. The number of fused-ring (bicyclic) bond motifs is 2. The van der Waals surface area contributed by atoms with Gasteiger partial charge in [-0.2, -0.15) is 0 Å². The molecule has 2 aliphatic rings. The first-order chi connectivity index (χ1) is 15.1. The monoisotopic (exact) mass is 417 g/mol. The zero-order valence-electron chi connectivity index (χ0n) is 17.2. The number of nitrogens with zero attached hydrogens (tertiary/aromatic N) is 4. The van der Waals surface area contributed by atoms with Gasteiger partial charge in [-0.05, 0) is 30.5 Å². The Bertz CT molecular complexity index is 1130. The molecule has 1 unspecified atom stereocenters. The van der Waals surface area contributed by atoms with Gasteiger partial charge in [-0.25, -0.2) is 9.67 Å². The first-order valence-electron chi connectivity index (χ1n) is 10.4. The van der Waals surface area contributed by atoms with Crippen LogP contribution in [0.2, 0.25) is 0 Å². The fourth-order valence-corrected chi connectivity index (χ4v) is 4.21. The number of anilines is 1. The second kappa shape index (κ2) is 7.86. The number of ether oxygens (including phenoxy) is 1. The van der Waals surface area contributed by atoms with Gasteiger partial charge in [0.1, 0.15) is 24.2 Å². The van der Waals surface area contributed by atoms with E-state index in [0.29, 0.717) is 11.4 Å². The molecule has 2 aromatic carbocycles. The smallest absolute Gasteiger partial charge is 0.291 e. The van der Waals surface area contributed by atoms with E-state index in [0.717, 1.165) is 30.7 Å². The van der Waals surface area contributed by atoms with Crippen LogP contribution in [-0.4, -0.2) is 46.3 Å². The van der Waals surface area contributed by atoms with Crippen molar-refractivity contribution >= 4 is 17.5 Å². The number of carbonyl (C=O) groups excluding carboxylic acids is 2.